The molecule has 0 fully saturated rings. The van der Waals surface area contributed by atoms with Crippen LogP contribution in [0.15, 0.2) is 57.8 Å². The fourth-order valence-electron chi connectivity index (χ4n) is 3.38. The third-order valence-electron chi connectivity index (χ3n) is 4.69. The standard InChI is InChI=1S/C20H18O5/c1-20(2)17(16-7-5-9-24-16)14-11-12(22-3)10-13(15-6-4-8-23-15)18(14)25-19(20)21/h4-11,17H,1-3H3. The summed E-state index contributed by atoms with van der Waals surface area (Å²) in [5, 5.41) is 0. The Morgan fingerprint density at radius 1 is 1.08 bits per heavy atom. The molecule has 128 valence electrons. The summed E-state index contributed by atoms with van der Waals surface area (Å²) in [6.07, 6.45) is 3.19. The van der Waals surface area contributed by atoms with E-state index in [-0.39, 0.29) is 11.9 Å². The molecule has 0 bridgehead atoms. The largest absolute Gasteiger partial charge is 0.497 e. The molecule has 0 saturated carbocycles. The Labute approximate surface area is 145 Å². The predicted molar refractivity (Wildman–Crippen MR) is 90.7 cm³/mol. The van der Waals surface area contributed by atoms with Crippen LogP contribution in [0.3, 0.4) is 0 Å². The van der Waals surface area contributed by atoms with Crippen molar-refractivity contribution in [3.63, 3.8) is 0 Å². The van der Waals surface area contributed by atoms with Crippen molar-refractivity contribution in [2.45, 2.75) is 19.8 Å². The zero-order valence-electron chi connectivity index (χ0n) is 14.2. The zero-order chi connectivity index (χ0) is 17.6. The van der Waals surface area contributed by atoms with Crippen LogP contribution in [-0.4, -0.2) is 13.1 Å². The van der Waals surface area contributed by atoms with Gasteiger partial charge < -0.3 is 18.3 Å². The van der Waals surface area contributed by atoms with Gasteiger partial charge in [0, 0.05) is 5.56 Å². The van der Waals surface area contributed by atoms with Crippen LogP contribution < -0.4 is 9.47 Å². The number of hydrogen-bond donors (Lipinski definition) is 0. The highest BCUT2D eigenvalue weighted by molar-refractivity contribution is 5.87. The predicted octanol–water partition coefficient (Wildman–Crippen LogP) is 4.63. The highest BCUT2D eigenvalue weighted by Gasteiger charge is 2.48. The van der Waals surface area contributed by atoms with E-state index in [0.29, 0.717) is 28.6 Å². The summed E-state index contributed by atoms with van der Waals surface area (Å²) in [6, 6.07) is 11.0. The van der Waals surface area contributed by atoms with Gasteiger partial charge in [0.15, 0.2) is 0 Å². The van der Waals surface area contributed by atoms with E-state index in [1.54, 1.807) is 25.7 Å². The van der Waals surface area contributed by atoms with Crippen molar-refractivity contribution >= 4 is 5.97 Å². The van der Waals surface area contributed by atoms with Crippen molar-refractivity contribution in [3.05, 3.63) is 60.2 Å². The molecule has 1 unspecified atom stereocenters. The van der Waals surface area contributed by atoms with Crippen LogP contribution >= 0.6 is 0 Å². The molecule has 2 aromatic heterocycles. The van der Waals surface area contributed by atoms with Crippen molar-refractivity contribution in [1.29, 1.82) is 0 Å². The molecule has 25 heavy (non-hydrogen) atoms. The Bertz CT molecular complexity index is 904. The summed E-state index contributed by atoms with van der Waals surface area (Å²) in [7, 11) is 1.61. The second-order valence-electron chi connectivity index (χ2n) is 6.63. The van der Waals surface area contributed by atoms with Gasteiger partial charge >= 0.3 is 5.97 Å². The lowest BCUT2D eigenvalue weighted by Gasteiger charge is -2.37. The number of furan rings is 2. The number of benzene rings is 1. The topological polar surface area (TPSA) is 61.8 Å². The van der Waals surface area contributed by atoms with E-state index in [1.807, 2.05) is 44.2 Å². The average molecular weight is 338 g/mol. The van der Waals surface area contributed by atoms with E-state index in [9.17, 15) is 4.79 Å². The van der Waals surface area contributed by atoms with Gasteiger partial charge in [0.2, 0.25) is 0 Å². The molecule has 0 saturated heterocycles. The van der Waals surface area contributed by atoms with Gasteiger partial charge in [-0.2, -0.15) is 0 Å². The maximum Gasteiger partial charge on any atom is 0.318 e. The lowest BCUT2D eigenvalue weighted by Crippen LogP contribution is -2.39. The molecule has 3 heterocycles. The average Bonchev–Trinajstić information content (AvgIpc) is 3.28. The Morgan fingerprint density at radius 2 is 1.84 bits per heavy atom. The van der Waals surface area contributed by atoms with Crippen molar-refractivity contribution in [2.24, 2.45) is 5.41 Å². The number of carbonyl (C=O) groups excluding carboxylic acids is 1. The summed E-state index contributed by atoms with van der Waals surface area (Å²) in [6.45, 7) is 3.72. The second-order valence-corrected chi connectivity index (χ2v) is 6.63. The summed E-state index contributed by atoms with van der Waals surface area (Å²) in [4.78, 5) is 12.7. The lowest BCUT2D eigenvalue weighted by molar-refractivity contribution is -0.146. The first-order valence-corrected chi connectivity index (χ1v) is 8.04. The van der Waals surface area contributed by atoms with Gasteiger partial charge in [0.1, 0.15) is 23.0 Å². The molecule has 0 amide bonds. The minimum atomic E-state index is -0.780. The molecule has 5 nitrogen and oxygen atoms in total. The number of fused-ring (bicyclic) bond motifs is 1. The highest BCUT2D eigenvalue weighted by Crippen LogP contribution is 2.53. The third-order valence-corrected chi connectivity index (χ3v) is 4.69. The van der Waals surface area contributed by atoms with E-state index in [1.165, 1.54) is 0 Å². The molecule has 5 heteroatoms. The zero-order valence-corrected chi connectivity index (χ0v) is 14.2. The number of rotatable bonds is 3. The van der Waals surface area contributed by atoms with Crippen LogP contribution in [0, 0.1) is 5.41 Å². The number of esters is 1. The van der Waals surface area contributed by atoms with Crippen LogP contribution in [0.4, 0.5) is 0 Å². The Morgan fingerprint density at radius 3 is 2.48 bits per heavy atom. The molecule has 0 spiro atoms. The van der Waals surface area contributed by atoms with Gasteiger partial charge in [-0.1, -0.05) is 0 Å². The number of ether oxygens (including phenoxy) is 2. The third kappa shape index (κ3) is 2.35. The van der Waals surface area contributed by atoms with Crippen molar-refractivity contribution in [1.82, 2.24) is 0 Å². The van der Waals surface area contributed by atoms with E-state index < -0.39 is 5.41 Å². The van der Waals surface area contributed by atoms with Gasteiger partial charge in [-0.15, -0.1) is 0 Å². The molecule has 1 aliphatic heterocycles. The van der Waals surface area contributed by atoms with Crippen molar-refractivity contribution in [3.8, 4) is 22.8 Å². The van der Waals surface area contributed by atoms with E-state index in [0.717, 1.165) is 5.56 Å². The monoisotopic (exact) mass is 338 g/mol. The maximum atomic E-state index is 12.7. The first-order chi connectivity index (χ1) is 12.0. The van der Waals surface area contributed by atoms with Gasteiger partial charge in [-0.05, 0) is 50.2 Å². The smallest absolute Gasteiger partial charge is 0.318 e. The second kappa shape index (κ2) is 5.55. The first kappa shape index (κ1) is 15.6. The van der Waals surface area contributed by atoms with E-state index in [4.69, 9.17) is 18.3 Å². The summed E-state index contributed by atoms with van der Waals surface area (Å²) in [5.74, 6) is 1.88. The number of hydrogen-bond acceptors (Lipinski definition) is 5. The Balaban J connectivity index is 2.01. The fourth-order valence-corrected chi connectivity index (χ4v) is 3.38. The van der Waals surface area contributed by atoms with Gasteiger partial charge in [-0.3, -0.25) is 4.79 Å². The van der Waals surface area contributed by atoms with Crippen LogP contribution in [0.2, 0.25) is 0 Å². The van der Waals surface area contributed by atoms with Crippen LogP contribution in [0.1, 0.15) is 31.1 Å². The van der Waals surface area contributed by atoms with Crippen LogP contribution in [-0.2, 0) is 4.79 Å². The Kier molecular flexibility index (Phi) is 3.46. The van der Waals surface area contributed by atoms with E-state index in [2.05, 4.69) is 0 Å². The molecule has 1 atom stereocenters. The van der Waals surface area contributed by atoms with Gasteiger partial charge in [0.25, 0.3) is 0 Å². The van der Waals surface area contributed by atoms with Gasteiger partial charge in [0.05, 0.1) is 36.5 Å². The van der Waals surface area contributed by atoms with Crippen molar-refractivity contribution in [2.75, 3.05) is 7.11 Å². The normalized spacial score (nSPS) is 18.5. The molecule has 0 radical (unpaired) electrons. The van der Waals surface area contributed by atoms with Crippen LogP contribution in [0.25, 0.3) is 11.3 Å². The fraction of sp³-hybridized carbons (Fsp3) is 0.250. The molecular weight excluding hydrogens is 320 g/mol. The SMILES string of the molecule is COc1cc(-c2ccco2)c2c(c1)C(c1ccco1)C(C)(C)C(=O)O2. The molecular formula is C20H18O5. The first-order valence-electron chi connectivity index (χ1n) is 8.04. The lowest BCUT2D eigenvalue weighted by atomic mass is 9.71. The minimum absolute atomic E-state index is 0.289. The maximum absolute atomic E-state index is 12.7. The molecule has 1 aliphatic rings. The molecule has 0 aliphatic carbocycles. The van der Waals surface area contributed by atoms with E-state index >= 15 is 0 Å². The highest BCUT2D eigenvalue weighted by atomic mass is 16.5. The summed E-state index contributed by atoms with van der Waals surface area (Å²) >= 11 is 0. The molecule has 1 aromatic carbocycles. The van der Waals surface area contributed by atoms with Crippen molar-refractivity contribution < 1.29 is 23.1 Å². The number of carbonyl (C=O) groups is 1. The summed E-state index contributed by atoms with van der Waals surface area (Å²) < 4.78 is 22.4. The minimum Gasteiger partial charge on any atom is -0.497 e. The quantitative estimate of drug-likeness (QED) is 0.515. The molecule has 0 N–H and O–H groups in total. The molecule has 4 rings (SSSR count). The Hall–Kier alpha value is -2.95. The molecule has 3 aromatic rings. The van der Waals surface area contributed by atoms with Crippen LogP contribution in [0.5, 0.6) is 11.5 Å². The summed E-state index contributed by atoms with van der Waals surface area (Å²) in [5.41, 5.74) is 0.738. The van der Waals surface area contributed by atoms with Gasteiger partial charge in [-0.25, -0.2) is 0 Å². The number of methoxy groups -OCH3 is 1.